The molecule has 1 aliphatic rings. The van der Waals surface area contributed by atoms with Gasteiger partial charge in [-0.25, -0.2) is 9.97 Å². The minimum Gasteiger partial charge on any atom is -0.389 e. The summed E-state index contributed by atoms with van der Waals surface area (Å²) in [4.78, 5) is 10.5. The van der Waals surface area contributed by atoms with Gasteiger partial charge in [0.05, 0.1) is 11.6 Å². The summed E-state index contributed by atoms with van der Waals surface area (Å²) in [7, 11) is 0. The van der Waals surface area contributed by atoms with Gasteiger partial charge in [0.15, 0.2) is 0 Å². The molecule has 2 aromatic rings. The first-order chi connectivity index (χ1) is 7.74. The molecule has 0 saturated carbocycles. The smallest absolute Gasteiger partial charge is 0.140 e. The molecule has 1 aromatic carbocycles. The molecule has 4 nitrogen and oxygen atoms in total. The minimum absolute atomic E-state index is 0.239. The third-order valence-electron chi connectivity index (χ3n) is 2.74. The summed E-state index contributed by atoms with van der Waals surface area (Å²) in [6.07, 6.45) is 1.29. The molecule has 0 atom stereocenters. The number of hydrogen-bond donors (Lipinski definition) is 1. The summed E-state index contributed by atoms with van der Waals surface area (Å²) in [6.45, 7) is 1.27. The van der Waals surface area contributed by atoms with Crippen LogP contribution < -0.4 is 4.90 Å². The van der Waals surface area contributed by atoms with E-state index in [1.165, 1.54) is 6.33 Å². The van der Waals surface area contributed by atoms with Crippen molar-refractivity contribution in [2.24, 2.45) is 0 Å². The van der Waals surface area contributed by atoms with Crippen LogP contribution >= 0.6 is 11.6 Å². The fourth-order valence-electron chi connectivity index (χ4n) is 1.90. The van der Waals surface area contributed by atoms with E-state index >= 15 is 0 Å². The molecular weight excluding hydrogens is 226 g/mol. The summed E-state index contributed by atoms with van der Waals surface area (Å²) in [5.41, 5.74) is 0.832. The Balaban J connectivity index is 2.11. The zero-order valence-corrected chi connectivity index (χ0v) is 9.22. The maximum Gasteiger partial charge on any atom is 0.140 e. The Morgan fingerprint density at radius 3 is 2.88 bits per heavy atom. The van der Waals surface area contributed by atoms with Gasteiger partial charge in [-0.15, -0.1) is 0 Å². The second kappa shape index (κ2) is 3.57. The lowest BCUT2D eigenvalue weighted by molar-refractivity contribution is 0.141. The fraction of sp³-hybridized carbons (Fsp3) is 0.273. The van der Waals surface area contributed by atoms with Crippen LogP contribution in [0, 0.1) is 0 Å². The van der Waals surface area contributed by atoms with Gasteiger partial charge in [0.2, 0.25) is 0 Å². The van der Waals surface area contributed by atoms with Gasteiger partial charge in [-0.05, 0) is 18.2 Å². The van der Waals surface area contributed by atoms with E-state index in [9.17, 15) is 5.11 Å². The Bertz CT molecular complexity index is 540. The quantitative estimate of drug-likeness (QED) is 0.813. The molecule has 2 heterocycles. The first kappa shape index (κ1) is 9.81. The number of hydrogen-bond acceptors (Lipinski definition) is 4. The van der Waals surface area contributed by atoms with Crippen LogP contribution in [-0.4, -0.2) is 34.3 Å². The van der Waals surface area contributed by atoms with Gasteiger partial charge in [-0.2, -0.15) is 0 Å². The van der Waals surface area contributed by atoms with E-state index in [1.54, 1.807) is 0 Å². The lowest BCUT2D eigenvalue weighted by Gasteiger charge is -2.37. The zero-order valence-electron chi connectivity index (χ0n) is 8.47. The van der Waals surface area contributed by atoms with Gasteiger partial charge in [0.25, 0.3) is 0 Å². The normalized spacial score (nSPS) is 16.5. The summed E-state index contributed by atoms with van der Waals surface area (Å²) >= 11 is 5.91. The number of aliphatic hydroxyl groups is 1. The second-order valence-electron chi connectivity index (χ2n) is 3.92. The van der Waals surface area contributed by atoms with Crippen molar-refractivity contribution >= 4 is 28.3 Å². The molecule has 16 heavy (non-hydrogen) atoms. The van der Waals surface area contributed by atoms with Crippen LogP contribution in [0.15, 0.2) is 24.5 Å². The molecule has 1 N–H and O–H groups in total. The Kier molecular flexibility index (Phi) is 2.19. The summed E-state index contributed by atoms with van der Waals surface area (Å²) in [6, 6.07) is 5.56. The summed E-state index contributed by atoms with van der Waals surface area (Å²) in [5, 5.41) is 10.9. The van der Waals surface area contributed by atoms with E-state index in [4.69, 9.17) is 11.6 Å². The highest BCUT2D eigenvalue weighted by Crippen LogP contribution is 2.27. The maximum atomic E-state index is 9.29. The van der Waals surface area contributed by atoms with Crippen LogP contribution in [0.5, 0.6) is 0 Å². The fourth-order valence-corrected chi connectivity index (χ4v) is 2.06. The van der Waals surface area contributed by atoms with Gasteiger partial charge < -0.3 is 10.0 Å². The van der Waals surface area contributed by atoms with E-state index in [1.807, 2.05) is 23.1 Å². The van der Waals surface area contributed by atoms with Crippen molar-refractivity contribution < 1.29 is 5.11 Å². The van der Waals surface area contributed by atoms with Gasteiger partial charge in [0.1, 0.15) is 12.1 Å². The van der Waals surface area contributed by atoms with Crippen LogP contribution in [0.2, 0.25) is 5.02 Å². The molecular formula is C11H10ClN3O. The molecule has 1 aliphatic heterocycles. The molecule has 3 rings (SSSR count). The third kappa shape index (κ3) is 1.50. The van der Waals surface area contributed by atoms with Gasteiger partial charge in [-0.1, -0.05) is 11.6 Å². The molecule has 82 valence electrons. The van der Waals surface area contributed by atoms with Gasteiger partial charge in [0, 0.05) is 23.5 Å². The zero-order chi connectivity index (χ0) is 11.1. The molecule has 0 amide bonds. The molecule has 1 aromatic heterocycles. The highest BCUT2D eigenvalue weighted by atomic mass is 35.5. The summed E-state index contributed by atoms with van der Waals surface area (Å²) in [5.74, 6) is 0.868. The van der Waals surface area contributed by atoms with Crippen LogP contribution in [0.25, 0.3) is 10.9 Å². The first-order valence-corrected chi connectivity index (χ1v) is 5.45. The second-order valence-corrected chi connectivity index (χ2v) is 4.35. The molecule has 5 heteroatoms. The number of benzene rings is 1. The van der Waals surface area contributed by atoms with Crippen molar-refractivity contribution in [3.05, 3.63) is 29.5 Å². The minimum atomic E-state index is -0.239. The topological polar surface area (TPSA) is 49.2 Å². The Morgan fingerprint density at radius 1 is 1.31 bits per heavy atom. The Hall–Kier alpha value is -1.39. The van der Waals surface area contributed by atoms with E-state index in [-0.39, 0.29) is 6.10 Å². The van der Waals surface area contributed by atoms with Crippen LogP contribution in [0.4, 0.5) is 5.82 Å². The standard InChI is InChI=1S/C11H10ClN3O/c12-7-1-2-9-10(3-7)13-6-14-11(9)15-4-8(16)5-15/h1-3,6,8,16H,4-5H2. The number of nitrogens with zero attached hydrogens (tertiary/aromatic N) is 3. The average molecular weight is 236 g/mol. The average Bonchev–Trinajstić information content (AvgIpc) is 2.24. The largest absolute Gasteiger partial charge is 0.389 e. The van der Waals surface area contributed by atoms with E-state index < -0.39 is 0 Å². The SMILES string of the molecule is OC1CN(c2ncnc3cc(Cl)ccc23)C1. The maximum absolute atomic E-state index is 9.29. The molecule has 1 saturated heterocycles. The van der Waals surface area contributed by atoms with Crippen molar-refractivity contribution in [3.8, 4) is 0 Å². The molecule has 0 unspecified atom stereocenters. The lowest BCUT2D eigenvalue weighted by atomic mass is 10.1. The number of anilines is 1. The Morgan fingerprint density at radius 2 is 2.12 bits per heavy atom. The first-order valence-electron chi connectivity index (χ1n) is 5.07. The van der Waals surface area contributed by atoms with Crippen LogP contribution in [0.1, 0.15) is 0 Å². The monoisotopic (exact) mass is 235 g/mol. The number of aromatic nitrogens is 2. The number of fused-ring (bicyclic) bond motifs is 1. The van der Waals surface area contributed by atoms with Crippen molar-refractivity contribution in [3.63, 3.8) is 0 Å². The number of halogens is 1. The van der Waals surface area contributed by atoms with E-state index in [0.717, 1.165) is 16.7 Å². The number of β-amino-alcohol motifs (C(OH)–C–C–N with tert-alkyl or cyclic N) is 1. The van der Waals surface area contributed by atoms with Crippen molar-refractivity contribution in [1.29, 1.82) is 0 Å². The molecule has 1 fully saturated rings. The molecule has 0 bridgehead atoms. The number of rotatable bonds is 1. The van der Waals surface area contributed by atoms with Crippen LogP contribution in [0.3, 0.4) is 0 Å². The van der Waals surface area contributed by atoms with Crippen molar-refractivity contribution in [1.82, 2.24) is 9.97 Å². The van der Waals surface area contributed by atoms with Crippen LogP contribution in [-0.2, 0) is 0 Å². The van der Waals surface area contributed by atoms with Gasteiger partial charge >= 0.3 is 0 Å². The van der Waals surface area contributed by atoms with Crippen molar-refractivity contribution in [2.45, 2.75) is 6.10 Å². The predicted molar refractivity (Wildman–Crippen MR) is 62.8 cm³/mol. The molecule has 0 radical (unpaired) electrons. The molecule has 0 aliphatic carbocycles. The highest BCUT2D eigenvalue weighted by Gasteiger charge is 2.26. The number of aliphatic hydroxyl groups excluding tert-OH is 1. The molecule has 0 spiro atoms. The van der Waals surface area contributed by atoms with E-state index in [0.29, 0.717) is 18.1 Å². The van der Waals surface area contributed by atoms with E-state index in [2.05, 4.69) is 9.97 Å². The predicted octanol–water partition coefficient (Wildman–Crippen LogP) is 1.46. The summed E-state index contributed by atoms with van der Waals surface area (Å²) < 4.78 is 0. The Labute approximate surface area is 97.5 Å². The lowest BCUT2D eigenvalue weighted by Crippen LogP contribution is -2.51. The van der Waals surface area contributed by atoms with Crippen molar-refractivity contribution in [2.75, 3.05) is 18.0 Å². The third-order valence-corrected chi connectivity index (χ3v) is 2.97. The van der Waals surface area contributed by atoms with Gasteiger partial charge in [-0.3, -0.25) is 0 Å². The highest BCUT2D eigenvalue weighted by molar-refractivity contribution is 6.31.